The van der Waals surface area contributed by atoms with Crippen LogP contribution in [0.15, 0.2) is 54.6 Å². The monoisotopic (exact) mass is 420 g/mol. The van der Waals surface area contributed by atoms with Gasteiger partial charge in [-0.3, -0.25) is 9.69 Å². The molecule has 31 heavy (non-hydrogen) atoms. The number of likely N-dealkylation sites (N-methyl/N-ethyl adjacent to an activating group) is 3. The maximum absolute atomic E-state index is 13.0. The molecule has 1 fully saturated rings. The zero-order valence-corrected chi connectivity index (χ0v) is 19.4. The van der Waals surface area contributed by atoms with Gasteiger partial charge in [0, 0.05) is 64.1 Å². The Hall–Kier alpha value is -2.47. The van der Waals surface area contributed by atoms with Gasteiger partial charge >= 0.3 is 0 Å². The predicted molar refractivity (Wildman–Crippen MR) is 131 cm³/mol. The summed E-state index contributed by atoms with van der Waals surface area (Å²) in [5.74, 6) is 0.0658. The number of piperazine rings is 1. The first-order chi connectivity index (χ1) is 14.9. The Morgan fingerprint density at radius 3 is 2.45 bits per heavy atom. The van der Waals surface area contributed by atoms with E-state index in [4.69, 9.17) is 0 Å². The van der Waals surface area contributed by atoms with Gasteiger partial charge < -0.3 is 14.7 Å². The van der Waals surface area contributed by atoms with Crippen molar-refractivity contribution in [1.29, 1.82) is 0 Å². The molecule has 2 aromatic carbocycles. The summed E-state index contributed by atoms with van der Waals surface area (Å²) in [5.41, 5.74) is 4.11. The molecule has 166 valence electrons. The quantitative estimate of drug-likeness (QED) is 0.459. The van der Waals surface area contributed by atoms with E-state index >= 15 is 0 Å². The van der Waals surface area contributed by atoms with E-state index in [0.29, 0.717) is 0 Å². The van der Waals surface area contributed by atoms with Gasteiger partial charge in [0.05, 0.1) is 0 Å². The molecule has 0 unspecified atom stereocenters. The molecule has 1 aliphatic heterocycles. The van der Waals surface area contributed by atoms with E-state index < -0.39 is 0 Å². The van der Waals surface area contributed by atoms with Crippen LogP contribution in [0.5, 0.6) is 0 Å². The topological polar surface area (TPSA) is 30.0 Å². The summed E-state index contributed by atoms with van der Waals surface area (Å²) in [7, 11) is 8.43. The fourth-order valence-corrected chi connectivity index (χ4v) is 3.75. The van der Waals surface area contributed by atoms with Crippen LogP contribution < -0.4 is 4.90 Å². The summed E-state index contributed by atoms with van der Waals surface area (Å²) in [6.07, 6.45) is 3.64. The Morgan fingerprint density at radius 2 is 1.71 bits per heavy atom. The van der Waals surface area contributed by atoms with Crippen LogP contribution in [0.2, 0.25) is 0 Å². The third-order valence-corrected chi connectivity index (χ3v) is 5.89. The Balaban J connectivity index is 1.67. The molecule has 0 bridgehead atoms. The second-order valence-electron chi connectivity index (χ2n) is 8.75. The fourth-order valence-electron chi connectivity index (χ4n) is 3.75. The number of ketones is 1. The lowest BCUT2D eigenvalue weighted by atomic mass is 10.0. The van der Waals surface area contributed by atoms with Crippen LogP contribution >= 0.6 is 0 Å². The maximum atomic E-state index is 13.0. The van der Waals surface area contributed by atoms with Crippen LogP contribution in [-0.2, 0) is 6.54 Å². The van der Waals surface area contributed by atoms with Crippen LogP contribution in [0.4, 0.5) is 5.69 Å². The van der Waals surface area contributed by atoms with Gasteiger partial charge in [0.25, 0.3) is 0 Å². The van der Waals surface area contributed by atoms with Crippen molar-refractivity contribution >= 4 is 17.5 Å². The van der Waals surface area contributed by atoms with Gasteiger partial charge in [0.15, 0.2) is 5.78 Å². The van der Waals surface area contributed by atoms with Gasteiger partial charge in [-0.1, -0.05) is 42.5 Å². The molecule has 5 nitrogen and oxygen atoms in total. The van der Waals surface area contributed by atoms with Gasteiger partial charge in [-0.2, -0.15) is 0 Å². The molecule has 0 radical (unpaired) electrons. The molecule has 1 heterocycles. The molecule has 3 rings (SSSR count). The van der Waals surface area contributed by atoms with Crippen molar-refractivity contribution in [3.8, 4) is 0 Å². The average Bonchev–Trinajstić information content (AvgIpc) is 2.78. The molecular formula is C26H36N4O. The summed E-state index contributed by atoms with van der Waals surface area (Å²) in [5, 5.41) is 0. The Bertz CT molecular complexity index is 884. The van der Waals surface area contributed by atoms with Crippen LogP contribution in [0, 0.1) is 0 Å². The number of hydrogen-bond acceptors (Lipinski definition) is 5. The van der Waals surface area contributed by atoms with E-state index in [1.54, 1.807) is 6.08 Å². The smallest absolute Gasteiger partial charge is 0.186 e. The van der Waals surface area contributed by atoms with Gasteiger partial charge in [0.2, 0.25) is 0 Å². The average molecular weight is 421 g/mol. The summed E-state index contributed by atoms with van der Waals surface area (Å²) in [6.45, 7) is 7.03. The molecule has 0 aromatic heterocycles. The summed E-state index contributed by atoms with van der Waals surface area (Å²) >= 11 is 0. The molecule has 0 saturated carbocycles. The number of anilines is 1. The third kappa shape index (κ3) is 7.03. The van der Waals surface area contributed by atoms with E-state index in [1.165, 1.54) is 0 Å². The van der Waals surface area contributed by atoms with Crippen molar-refractivity contribution in [2.45, 2.75) is 6.54 Å². The van der Waals surface area contributed by atoms with Crippen molar-refractivity contribution in [2.75, 3.05) is 72.4 Å². The second-order valence-corrected chi connectivity index (χ2v) is 8.75. The number of carbonyl (C=O) groups is 1. The van der Waals surface area contributed by atoms with Gasteiger partial charge in [-0.25, -0.2) is 0 Å². The lowest BCUT2D eigenvalue weighted by Crippen LogP contribution is -2.44. The first-order valence-electron chi connectivity index (χ1n) is 11.1. The molecular weight excluding hydrogens is 384 g/mol. The van der Waals surface area contributed by atoms with Gasteiger partial charge in [-0.05, 0) is 50.5 Å². The molecule has 5 heteroatoms. The number of allylic oxidation sites excluding steroid dienone is 1. The lowest BCUT2D eigenvalue weighted by Gasteiger charge is -2.32. The highest BCUT2D eigenvalue weighted by Crippen LogP contribution is 2.18. The highest BCUT2D eigenvalue weighted by molar-refractivity contribution is 6.07. The Labute approximate surface area is 187 Å². The molecule has 0 atom stereocenters. The van der Waals surface area contributed by atoms with E-state index in [9.17, 15) is 4.79 Å². The zero-order valence-electron chi connectivity index (χ0n) is 19.4. The van der Waals surface area contributed by atoms with Crippen LogP contribution in [0.3, 0.4) is 0 Å². The van der Waals surface area contributed by atoms with Crippen LogP contribution in [-0.4, -0.2) is 87.9 Å². The maximum Gasteiger partial charge on any atom is 0.186 e. The normalized spacial score (nSPS) is 15.6. The fraction of sp³-hybridized carbons (Fsp3) is 0.423. The lowest BCUT2D eigenvalue weighted by molar-refractivity contribution is 0.104. The van der Waals surface area contributed by atoms with Crippen LogP contribution in [0.1, 0.15) is 21.5 Å². The highest BCUT2D eigenvalue weighted by Gasteiger charge is 2.16. The van der Waals surface area contributed by atoms with E-state index in [2.05, 4.69) is 66.0 Å². The number of rotatable bonds is 9. The third-order valence-electron chi connectivity index (χ3n) is 5.89. The van der Waals surface area contributed by atoms with E-state index in [-0.39, 0.29) is 5.78 Å². The van der Waals surface area contributed by atoms with Crippen molar-refractivity contribution in [1.82, 2.24) is 14.7 Å². The summed E-state index contributed by atoms with van der Waals surface area (Å²) in [4.78, 5) is 22.2. The first-order valence-corrected chi connectivity index (χ1v) is 11.1. The highest BCUT2D eigenvalue weighted by atomic mass is 16.1. The van der Waals surface area contributed by atoms with Crippen molar-refractivity contribution < 1.29 is 4.79 Å². The van der Waals surface area contributed by atoms with Crippen molar-refractivity contribution in [2.24, 2.45) is 0 Å². The molecule has 0 aliphatic carbocycles. The summed E-state index contributed by atoms with van der Waals surface area (Å²) < 4.78 is 0. The number of hydrogen-bond donors (Lipinski definition) is 0. The SMILES string of the molecule is CN(C)CCN(C)c1cccc(C=CC(=O)c2ccccc2CN2CCN(C)CC2)c1. The van der Waals surface area contributed by atoms with Crippen molar-refractivity contribution in [3.63, 3.8) is 0 Å². The molecule has 1 aliphatic rings. The van der Waals surface area contributed by atoms with Gasteiger partial charge in [0.1, 0.15) is 0 Å². The number of nitrogens with zero attached hydrogens (tertiary/aromatic N) is 4. The molecule has 0 N–H and O–H groups in total. The summed E-state index contributed by atoms with van der Waals surface area (Å²) in [6, 6.07) is 16.4. The molecule has 0 amide bonds. The number of carbonyl (C=O) groups excluding carboxylic acids is 1. The van der Waals surface area contributed by atoms with Crippen LogP contribution in [0.25, 0.3) is 6.08 Å². The predicted octanol–water partition coefficient (Wildman–Crippen LogP) is 3.33. The second kappa shape index (κ2) is 11.2. The molecule has 2 aromatic rings. The number of benzene rings is 2. The largest absolute Gasteiger partial charge is 0.373 e. The zero-order chi connectivity index (χ0) is 22.2. The minimum absolute atomic E-state index is 0.0658. The minimum Gasteiger partial charge on any atom is -0.373 e. The van der Waals surface area contributed by atoms with E-state index in [0.717, 1.165) is 68.2 Å². The molecule has 0 spiro atoms. The van der Waals surface area contributed by atoms with Gasteiger partial charge in [-0.15, -0.1) is 0 Å². The van der Waals surface area contributed by atoms with Crippen molar-refractivity contribution in [3.05, 3.63) is 71.3 Å². The Morgan fingerprint density at radius 1 is 0.968 bits per heavy atom. The minimum atomic E-state index is 0.0658. The Kier molecular flexibility index (Phi) is 8.41. The molecule has 1 saturated heterocycles. The first kappa shape index (κ1) is 23.2. The van der Waals surface area contributed by atoms with E-state index in [1.807, 2.05) is 36.4 Å². The standard InChI is InChI=1S/C26H36N4O/c1-27(2)14-17-29(4)24-10-7-8-22(20-24)12-13-26(31)25-11-6-5-9-23(25)21-30-18-15-28(3)16-19-30/h5-13,20H,14-19,21H2,1-4H3.